The number of aliphatic hydroxyl groups is 1. The Kier molecular flexibility index (Phi) is 3.80. The minimum atomic E-state index is -0.246. The van der Waals surface area contributed by atoms with Crippen LogP contribution in [0.1, 0.15) is 47.5 Å². The second kappa shape index (κ2) is 4.40. The molecule has 90 valence electrons. The largest absolute Gasteiger partial charge is 0.392 e. The van der Waals surface area contributed by atoms with E-state index in [9.17, 15) is 5.11 Å². The summed E-state index contributed by atoms with van der Waals surface area (Å²) in [5.74, 6) is 0. The summed E-state index contributed by atoms with van der Waals surface area (Å²) in [6.45, 7) is 11.1. The van der Waals surface area contributed by atoms with E-state index in [0.29, 0.717) is 12.6 Å². The van der Waals surface area contributed by atoms with Gasteiger partial charge in [-0.05, 0) is 40.5 Å². The van der Waals surface area contributed by atoms with Gasteiger partial charge in [-0.3, -0.25) is 0 Å². The summed E-state index contributed by atoms with van der Waals surface area (Å²) in [5, 5.41) is 12.9. The van der Waals surface area contributed by atoms with Crippen LogP contribution in [-0.4, -0.2) is 35.0 Å². The Hall–Kier alpha value is -0.120. The Morgan fingerprint density at radius 2 is 2.00 bits per heavy atom. The fraction of sp³-hybridized carbons (Fsp3) is 1.00. The van der Waals surface area contributed by atoms with Gasteiger partial charge >= 0.3 is 0 Å². The lowest BCUT2D eigenvalue weighted by molar-refractivity contribution is -0.0702. The molecule has 3 heteroatoms. The Labute approximate surface area is 93.2 Å². The van der Waals surface area contributed by atoms with Crippen molar-refractivity contribution in [3.63, 3.8) is 0 Å². The van der Waals surface area contributed by atoms with Gasteiger partial charge in [-0.1, -0.05) is 6.92 Å². The first kappa shape index (κ1) is 12.9. The maximum Gasteiger partial charge on any atom is 0.0787 e. The van der Waals surface area contributed by atoms with Crippen molar-refractivity contribution in [1.29, 1.82) is 0 Å². The second-order valence-corrected chi connectivity index (χ2v) is 5.69. The molecule has 3 nitrogen and oxygen atoms in total. The van der Waals surface area contributed by atoms with E-state index in [1.54, 1.807) is 0 Å². The van der Waals surface area contributed by atoms with E-state index in [0.717, 1.165) is 12.8 Å². The van der Waals surface area contributed by atoms with Gasteiger partial charge in [0.1, 0.15) is 0 Å². The normalized spacial score (nSPS) is 30.4. The molecule has 0 amide bonds. The van der Waals surface area contributed by atoms with Gasteiger partial charge in [-0.25, -0.2) is 0 Å². The number of ether oxygens (including phenoxy) is 1. The van der Waals surface area contributed by atoms with E-state index in [1.807, 2.05) is 6.92 Å². The Morgan fingerprint density at radius 3 is 2.40 bits per heavy atom. The molecular weight excluding hydrogens is 190 g/mol. The van der Waals surface area contributed by atoms with Gasteiger partial charge in [-0.15, -0.1) is 0 Å². The molecule has 1 aliphatic heterocycles. The van der Waals surface area contributed by atoms with Crippen molar-refractivity contribution in [3.8, 4) is 0 Å². The highest BCUT2D eigenvalue weighted by atomic mass is 16.5. The van der Waals surface area contributed by atoms with Gasteiger partial charge in [0.05, 0.1) is 17.3 Å². The van der Waals surface area contributed by atoms with E-state index in [4.69, 9.17) is 4.74 Å². The third-order valence-electron chi connectivity index (χ3n) is 3.15. The van der Waals surface area contributed by atoms with Crippen molar-refractivity contribution in [3.05, 3.63) is 0 Å². The summed E-state index contributed by atoms with van der Waals surface area (Å²) < 4.78 is 5.97. The number of hydrogen-bond acceptors (Lipinski definition) is 3. The van der Waals surface area contributed by atoms with Crippen LogP contribution >= 0.6 is 0 Å². The first-order chi connectivity index (χ1) is 6.77. The van der Waals surface area contributed by atoms with Gasteiger partial charge < -0.3 is 15.2 Å². The van der Waals surface area contributed by atoms with Crippen LogP contribution in [0.5, 0.6) is 0 Å². The molecule has 15 heavy (non-hydrogen) atoms. The Bertz CT molecular complexity index is 214. The molecule has 2 N–H and O–H groups in total. The van der Waals surface area contributed by atoms with Gasteiger partial charge in [0, 0.05) is 12.6 Å². The van der Waals surface area contributed by atoms with Crippen LogP contribution in [-0.2, 0) is 4.74 Å². The van der Waals surface area contributed by atoms with Crippen molar-refractivity contribution in [1.82, 2.24) is 5.32 Å². The monoisotopic (exact) mass is 215 g/mol. The third-order valence-corrected chi connectivity index (χ3v) is 3.15. The van der Waals surface area contributed by atoms with Crippen LogP contribution in [0.3, 0.4) is 0 Å². The zero-order valence-electron chi connectivity index (χ0n) is 10.6. The standard InChI is InChI=1S/C12H25NO2/c1-6-9(14)8-13-10-7-11(2,3)15-12(10,4)5/h9-10,13-14H,6-8H2,1-5H3/t9-,10-/m1/s1. The van der Waals surface area contributed by atoms with Crippen LogP contribution in [0.2, 0.25) is 0 Å². The van der Waals surface area contributed by atoms with Gasteiger partial charge in [0.15, 0.2) is 0 Å². The van der Waals surface area contributed by atoms with Crippen LogP contribution in [0, 0.1) is 0 Å². The Morgan fingerprint density at radius 1 is 1.40 bits per heavy atom. The fourth-order valence-electron chi connectivity index (χ4n) is 2.30. The molecule has 0 saturated carbocycles. The molecule has 0 radical (unpaired) electrons. The third kappa shape index (κ3) is 3.44. The quantitative estimate of drug-likeness (QED) is 0.750. The highest BCUT2D eigenvalue weighted by Crippen LogP contribution is 2.37. The zero-order valence-corrected chi connectivity index (χ0v) is 10.6. The summed E-state index contributed by atoms with van der Waals surface area (Å²) in [4.78, 5) is 0. The van der Waals surface area contributed by atoms with Crippen molar-refractivity contribution >= 4 is 0 Å². The molecule has 0 bridgehead atoms. The maximum atomic E-state index is 9.52. The zero-order chi connectivity index (χ0) is 11.7. The summed E-state index contributed by atoms with van der Waals surface area (Å²) in [6, 6.07) is 0.327. The van der Waals surface area contributed by atoms with E-state index < -0.39 is 0 Å². The van der Waals surface area contributed by atoms with E-state index in [-0.39, 0.29) is 17.3 Å². The minimum Gasteiger partial charge on any atom is -0.392 e. The molecule has 0 aliphatic carbocycles. The number of hydrogen-bond donors (Lipinski definition) is 2. The van der Waals surface area contributed by atoms with E-state index >= 15 is 0 Å². The molecule has 1 aliphatic rings. The lowest BCUT2D eigenvalue weighted by atomic mass is 9.94. The van der Waals surface area contributed by atoms with Gasteiger partial charge in [0.2, 0.25) is 0 Å². The molecule has 0 aromatic carbocycles. The molecule has 1 heterocycles. The van der Waals surface area contributed by atoms with Crippen LogP contribution in [0.25, 0.3) is 0 Å². The summed E-state index contributed by atoms with van der Waals surface area (Å²) in [6.07, 6.45) is 1.55. The highest BCUT2D eigenvalue weighted by Gasteiger charge is 2.45. The average Bonchev–Trinajstić information content (AvgIpc) is 2.29. The van der Waals surface area contributed by atoms with Crippen molar-refractivity contribution < 1.29 is 9.84 Å². The predicted molar refractivity (Wildman–Crippen MR) is 61.9 cm³/mol. The smallest absolute Gasteiger partial charge is 0.0787 e. The number of nitrogens with one attached hydrogen (secondary N) is 1. The van der Waals surface area contributed by atoms with Crippen LogP contribution in [0.4, 0.5) is 0 Å². The van der Waals surface area contributed by atoms with Crippen molar-refractivity contribution in [2.45, 2.75) is 70.8 Å². The lowest BCUT2D eigenvalue weighted by Crippen LogP contribution is -2.45. The van der Waals surface area contributed by atoms with E-state index in [1.165, 1.54) is 0 Å². The minimum absolute atomic E-state index is 0.0572. The molecule has 1 saturated heterocycles. The van der Waals surface area contributed by atoms with Crippen molar-refractivity contribution in [2.75, 3.05) is 6.54 Å². The summed E-state index contributed by atoms with van der Waals surface area (Å²) in [7, 11) is 0. The SMILES string of the molecule is CC[C@@H](O)CN[C@@H]1CC(C)(C)OC1(C)C. The predicted octanol–water partition coefficient (Wildman–Crippen LogP) is 1.69. The molecule has 0 aromatic rings. The first-order valence-electron chi connectivity index (χ1n) is 5.88. The average molecular weight is 215 g/mol. The molecule has 0 spiro atoms. The van der Waals surface area contributed by atoms with Gasteiger partial charge in [-0.2, -0.15) is 0 Å². The highest BCUT2D eigenvalue weighted by molar-refractivity contribution is 4.98. The Balaban J connectivity index is 2.48. The topological polar surface area (TPSA) is 41.5 Å². The summed E-state index contributed by atoms with van der Waals surface area (Å²) >= 11 is 0. The molecule has 0 unspecified atom stereocenters. The van der Waals surface area contributed by atoms with Crippen LogP contribution in [0.15, 0.2) is 0 Å². The van der Waals surface area contributed by atoms with Crippen molar-refractivity contribution in [2.24, 2.45) is 0 Å². The molecule has 1 rings (SSSR count). The fourth-order valence-corrected chi connectivity index (χ4v) is 2.30. The second-order valence-electron chi connectivity index (χ2n) is 5.69. The molecule has 1 fully saturated rings. The lowest BCUT2D eigenvalue weighted by Gasteiger charge is -2.28. The molecular formula is C12H25NO2. The van der Waals surface area contributed by atoms with Gasteiger partial charge in [0.25, 0.3) is 0 Å². The number of rotatable bonds is 4. The molecule has 2 atom stereocenters. The first-order valence-corrected chi connectivity index (χ1v) is 5.88. The maximum absolute atomic E-state index is 9.52. The van der Waals surface area contributed by atoms with Crippen LogP contribution < -0.4 is 5.32 Å². The summed E-state index contributed by atoms with van der Waals surface area (Å²) in [5.41, 5.74) is -0.199. The molecule has 0 aromatic heterocycles. The van der Waals surface area contributed by atoms with E-state index in [2.05, 4.69) is 33.0 Å². The number of aliphatic hydroxyl groups excluding tert-OH is 1.